The van der Waals surface area contributed by atoms with Gasteiger partial charge in [0.2, 0.25) is 5.82 Å². The first-order chi connectivity index (χ1) is 5.96. The number of halogens is 1. The molecule has 0 spiro atoms. The van der Waals surface area contributed by atoms with E-state index in [0.29, 0.717) is 0 Å². The molecule has 0 amide bonds. The van der Waals surface area contributed by atoms with Gasteiger partial charge in [0.05, 0.1) is 7.11 Å². The largest absolute Gasteiger partial charge is 0.479 e. The summed E-state index contributed by atoms with van der Waals surface area (Å²) in [5, 5.41) is 0. The average Bonchev–Trinajstić information content (AvgIpc) is 2.02. The number of hydrogen-bond donors (Lipinski definition) is 0. The van der Waals surface area contributed by atoms with Crippen LogP contribution in [-0.2, 0) is 9.84 Å². The van der Waals surface area contributed by atoms with Gasteiger partial charge in [0, 0.05) is 12.5 Å². The number of methoxy groups -OCH3 is 1. The molecule has 0 aliphatic carbocycles. The standard InChI is InChI=1S/C7H8FNO3S/c1-12-7-6(8)5(3-4-9-7)13(2,10)11/h3-4H,1-2H3. The van der Waals surface area contributed by atoms with Crippen LogP contribution >= 0.6 is 0 Å². The first-order valence-electron chi connectivity index (χ1n) is 3.35. The Morgan fingerprint density at radius 2 is 2.15 bits per heavy atom. The zero-order valence-corrected chi connectivity index (χ0v) is 7.93. The third kappa shape index (κ3) is 1.95. The highest BCUT2D eigenvalue weighted by Gasteiger charge is 2.17. The Hall–Kier alpha value is -1.17. The molecule has 4 nitrogen and oxygen atoms in total. The van der Waals surface area contributed by atoms with Crippen LogP contribution in [0.25, 0.3) is 0 Å². The second-order valence-corrected chi connectivity index (χ2v) is 4.39. The van der Waals surface area contributed by atoms with Crippen LogP contribution in [0.2, 0.25) is 0 Å². The van der Waals surface area contributed by atoms with Gasteiger partial charge in [-0.25, -0.2) is 13.4 Å². The average molecular weight is 205 g/mol. The van der Waals surface area contributed by atoms with E-state index in [0.717, 1.165) is 12.3 Å². The molecule has 0 aliphatic rings. The summed E-state index contributed by atoms with van der Waals surface area (Å²) >= 11 is 0. The molecule has 1 aromatic rings. The van der Waals surface area contributed by atoms with E-state index in [1.165, 1.54) is 13.3 Å². The molecule has 0 bridgehead atoms. The quantitative estimate of drug-likeness (QED) is 0.710. The lowest BCUT2D eigenvalue weighted by Crippen LogP contribution is -2.03. The van der Waals surface area contributed by atoms with Crippen molar-refractivity contribution in [1.82, 2.24) is 4.98 Å². The van der Waals surface area contributed by atoms with Gasteiger partial charge >= 0.3 is 0 Å². The minimum Gasteiger partial charge on any atom is -0.479 e. The van der Waals surface area contributed by atoms with E-state index in [9.17, 15) is 12.8 Å². The van der Waals surface area contributed by atoms with Crippen LogP contribution in [0.3, 0.4) is 0 Å². The molecule has 0 unspecified atom stereocenters. The van der Waals surface area contributed by atoms with Crippen LogP contribution in [0.15, 0.2) is 17.2 Å². The lowest BCUT2D eigenvalue weighted by molar-refractivity contribution is 0.363. The summed E-state index contributed by atoms with van der Waals surface area (Å²) in [5.41, 5.74) is 0. The van der Waals surface area contributed by atoms with E-state index in [4.69, 9.17) is 0 Å². The molecule has 0 saturated carbocycles. The molecule has 0 radical (unpaired) electrons. The van der Waals surface area contributed by atoms with Crippen LogP contribution in [0, 0.1) is 5.82 Å². The van der Waals surface area contributed by atoms with Gasteiger partial charge in [-0.3, -0.25) is 0 Å². The molecule has 0 N–H and O–H groups in total. The SMILES string of the molecule is COc1nccc(S(C)(=O)=O)c1F. The Labute approximate surface area is 75.3 Å². The molecule has 1 aromatic heterocycles. The number of pyridine rings is 1. The van der Waals surface area contributed by atoms with E-state index in [1.807, 2.05) is 0 Å². The normalized spacial score (nSPS) is 11.3. The maximum absolute atomic E-state index is 13.2. The summed E-state index contributed by atoms with van der Waals surface area (Å²) in [6.07, 6.45) is 2.10. The molecular formula is C7H8FNO3S. The van der Waals surface area contributed by atoms with E-state index < -0.39 is 20.5 Å². The van der Waals surface area contributed by atoms with Gasteiger partial charge in [-0.2, -0.15) is 4.39 Å². The molecule has 72 valence electrons. The zero-order valence-electron chi connectivity index (χ0n) is 7.11. The highest BCUT2D eigenvalue weighted by molar-refractivity contribution is 7.90. The molecule has 0 fully saturated rings. The lowest BCUT2D eigenvalue weighted by atomic mass is 10.4. The molecule has 1 rings (SSSR count). The molecule has 0 saturated heterocycles. The summed E-state index contributed by atoms with van der Waals surface area (Å²) in [5.74, 6) is -1.27. The lowest BCUT2D eigenvalue weighted by Gasteiger charge is -2.03. The fourth-order valence-electron chi connectivity index (χ4n) is 0.837. The van der Waals surface area contributed by atoms with Crippen LogP contribution in [-0.4, -0.2) is 26.8 Å². The Morgan fingerprint density at radius 1 is 1.54 bits per heavy atom. The second-order valence-electron chi connectivity index (χ2n) is 2.40. The van der Waals surface area contributed by atoms with Crippen molar-refractivity contribution in [2.24, 2.45) is 0 Å². The van der Waals surface area contributed by atoms with Gasteiger partial charge in [0.25, 0.3) is 5.88 Å². The molecular weight excluding hydrogens is 197 g/mol. The van der Waals surface area contributed by atoms with E-state index >= 15 is 0 Å². The van der Waals surface area contributed by atoms with E-state index in [1.54, 1.807) is 0 Å². The Balaban J connectivity index is 3.41. The maximum Gasteiger partial charge on any atom is 0.251 e. The van der Waals surface area contributed by atoms with Crippen LogP contribution in [0.1, 0.15) is 0 Å². The number of ether oxygens (including phenoxy) is 1. The van der Waals surface area contributed by atoms with Gasteiger partial charge in [0.1, 0.15) is 4.90 Å². The van der Waals surface area contributed by atoms with Crippen molar-refractivity contribution in [2.45, 2.75) is 4.90 Å². The van der Waals surface area contributed by atoms with Crippen molar-refractivity contribution >= 4 is 9.84 Å². The van der Waals surface area contributed by atoms with Crippen molar-refractivity contribution < 1.29 is 17.5 Å². The van der Waals surface area contributed by atoms with Crippen LogP contribution in [0.4, 0.5) is 4.39 Å². The fourth-order valence-corrected chi connectivity index (χ4v) is 1.56. The van der Waals surface area contributed by atoms with Crippen molar-refractivity contribution in [3.63, 3.8) is 0 Å². The third-order valence-corrected chi connectivity index (χ3v) is 2.53. The Morgan fingerprint density at radius 3 is 2.62 bits per heavy atom. The molecule has 0 aliphatic heterocycles. The first-order valence-corrected chi connectivity index (χ1v) is 5.24. The number of rotatable bonds is 2. The number of sulfone groups is 1. The number of hydrogen-bond acceptors (Lipinski definition) is 4. The molecule has 0 aromatic carbocycles. The zero-order chi connectivity index (χ0) is 10.1. The monoisotopic (exact) mass is 205 g/mol. The molecule has 6 heteroatoms. The Bertz CT molecular complexity index is 416. The van der Waals surface area contributed by atoms with Crippen molar-refractivity contribution in [3.05, 3.63) is 18.1 Å². The predicted octanol–water partition coefficient (Wildman–Crippen LogP) is 0.633. The van der Waals surface area contributed by atoms with Crippen LogP contribution < -0.4 is 4.74 Å². The minimum absolute atomic E-state index is 0.317. The molecule has 1 heterocycles. The first kappa shape index (κ1) is 9.91. The van der Waals surface area contributed by atoms with E-state index in [-0.39, 0.29) is 5.88 Å². The Kier molecular flexibility index (Phi) is 2.51. The predicted molar refractivity (Wildman–Crippen MR) is 43.9 cm³/mol. The highest BCUT2D eigenvalue weighted by atomic mass is 32.2. The summed E-state index contributed by atoms with van der Waals surface area (Å²) < 4.78 is 39.7. The van der Waals surface area contributed by atoms with Gasteiger partial charge < -0.3 is 4.74 Å². The number of nitrogens with zero attached hydrogens (tertiary/aromatic N) is 1. The minimum atomic E-state index is -3.56. The smallest absolute Gasteiger partial charge is 0.251 e. The van der Waals surface area contributed by atoms with Gasteiger partial charge in [0.15, 0.2) is 9.84 Å². The van der Waals surface area contributed by atoms with Crippen molar-refractivity contribution in [1.29, 1.82) is 0 Å². The maximum atomic E-state index is 13.2. The van der Waals surface area contributed by atoms with Gasteiger partial charge in [-0.05, 0) is 6.07 Å². The van der Waals surface area contributed by atoms with Crippen molar-refractivity contribution in [2.75, 3.05) is 13.4 Å². The third-order valence-electron chi connectivity index (χ3n) is 1.41. The van der Waals surface area contributed by atoms with Crippen molar-refractivity contribution in [3.8, 4) is 5.88 Å². The van der Waals surface area contributed by atoms with E-state index in [2.05, 4.69) is 9.72 Å². The summed E-state index contributed by atoms with van der Waals surface area (Å²) in [6, 6.07) is 1.09. The van der Waals surface area contributed by atoms with Crippen LogP contribution in [0.5, 0.6) is 5.88 Å². The summed E-state index contributed by atoms with van der Waals surface area (Å²) in [6.45, 7) is 0. The second kappa shape index (κ2) is 3.29. The number of aromatic nitrogens is 1. The van der Waals surface area contributed by atoms with Gasteiger partial charge in [-0.1, -0.05) is 0 Å². The topological polar surface area (TPSA) is 56.3 Å². The van der Waals surface area contributed by atoms with Gasteiger partial charge in [-0.15, -0.1) is 0 Å². The summed E-state index contributed by atoms with van der Waals surface area (Å²) in [4.78, 5) is 3.11. The summed E-state index contributed by atoms with van der Waals surface area (Å²) in [7, 11) is -2.34. The highest BCUT2D eigenvalue weighted by Crippen LogP contribution is 2.20. The molecule has 13 heavy (non-hydrogen) atoms. The fraction of sp³-hybridized carbons (Fsp3) is 0.286. The molecule has 0 atom stereocenters.